The van der Waals surface area contributed by atoms with Crippen LogP contribution in [0.2, 0.25) is 0 Å². The summed E-state index contributed by atoms with van der Waals surface area (Å²) in [4.78, 5) is 0. The van der Waals surface area contributed by atoms with Gasteiger partial charge in [0.1, 0.15) is 0 Å². The molecule has 0 fully saturated rings. The van der Waals surface area contributed by atoms with E-state index in [-0.39, 0.29) is 12.4 Å². The van der Waals surface area contributed by atoms with Crippen molar-refractivity contribution in [1.82, 2.24) is 15.5 Å². The van der Waals surface area contributed by atoms with Gasteiger partial charge in [-0.15, -0.1) is 10.2 Å². The molecule has 0 aromatic carbocycles. The van der Waals surface area contributed by atoms with Gasteiger partial charge in [0.05, 0.1) is 6.54 Å². The molecule has 0 spiro atoms. The summed E-state index contributed by atoms with van der Waals surface area (Å²) in [6, 6.07) is 0. The maximum atomic E-state index is 11.8. The number of aliphatic hydroxyl groups excluding tert-OH is 1. The lowest BCUT2D eigenvalue weighted by atomic mass is 10.3. The number of nitrogens with one attached hydrogen (secondary N) is 1. The smallest absolute Gasteiger partial charge is 0.415 e. The van der Waals surface area contributed by atoms with Crippen LogP contribution in [0.15, 0.2) is 4.42 Å². The van der Waals surface area contributed by atoms with Crippen molar-refractivity contribution in [3.63, 3.8) is 0 Å². The molecule has 1 aromatic rings. The standard InChI is InChI=1S/C7H10F3N3O2/c1-4-12-13-6(15-4)3-11-2-5(14)7(8,9)10/h5,11,14H,2-3H2,1H3. The van der Waals surface area contributed by atoms with Crippen LogP contribution >= 0.6 is 0 Å². The summed E-state index contributed by atoms with van der Waals surface area (Å²) in [7, 11) is 0. The number of aryl methyl sites for hydroxylation is 1. The van der Waals surface area contributed by atoms with E-state index < -0.39 is 18.8 Å². The molecule has 0 saturated heterocycles. The number of hydrogen-bond donors (Lipinski definition) is 2. The topological polar surface area (TPSA) is 71.2 Å². The summed E-state index contributed by atoms with van der Waals surface area (Å²) in [5.41, 5.74) is 0. The Morgan fingerprint density at radius 3 is 2.60 bits per heavy atom. The van der Waals surface area contributed by atoms with Crippen LogP contribution in [0.25, 0.3) is 0 Å². The fourth-order valence-corrected chi connectivity index (χ4v) is 0.840. The summed E-state index contributed by atoms with van der Waals surface area (Å²) in [6.45, 7) is 0.958. The molecular formula is C7H10F3N3O2. The summed E-state index contributed by atoms with van der Waals surface area (Å²) >= 11 is 0. The van der Waals surface area contributed by atoms with Crippen molar-refractivity contribution in [3.05, 3.63) is 11.8 Å². The molecule has 1 aromatic heterocycles. The Morgan fingerprint density at radius 1 is 1.47 bits per heavy atom. The lowest BCUT2D eigenvalue weighted by molar-refractivity contribution is -0.201. The molecule has 0 bridgehead atoms. The minimum Gasteiger partial charge on any atom is -0.424 e. The SMILES string of the molecule is Cc1nnc(CNCC(O)C(F)(F)F)o1. The number of aliphatic hydroxyl groups is 1. The van der Waals surface area contributed by atoms with E-state index in [4.69, 9.17) is 9.52 Å². The van der Waals surface area contributed by atoms with Crippen molar-refractivity contribution in [2.24, 2.45) is 0 Å². The van der Waals surface area contributed by atoms with Crippen LogP contribution in [-0.4, -0.2) is 34.1 Å². The normalized spacial score (nSPS) is 14.2. The lowest BCUT2D eigenvalue weighted by Gasteiger charge is -2.13. The summed E-state index contributed by atoms with van der Waals surface area (Å²) in [5.74, 6) is 0.519. The molecule has 1 unspecified atom stereocenters. The average molecular weight is 225 g/mol. The first kappa shape index (κ1) is 11.9. The molecule has 5 nitrogen and oxygen atoms in total. The van der Waals surface area contributed by atoms with E-state index in [1.807, 2.05) is 0 Å². The second kappa shape index (κ2) is 4.58. The Hall–Kier alpha value is -1.15. The molecule has 2 N–H and O–H groups in total. The third-order valence-corrected chi connectivity index (χ3v) is 1.56. The molecule has 0 amide bonds. The van der Waals surface area contributed by atoms with E-state index in [1.54, 1.807) is 6.92 Å². The predicted octanol–water partition coefficient (Wildman–Crippen LogP) is 0.391. The van der Waals surface area contributed by atoms with E-state index in [2.05, 4.69) is 15.5 Å². The van der Waals surface area contributed by atoms with Crippen LogP contribution in [-0.2, 0) is 6.54 Å². The highest BCUT2D eigenvalue weighted by molar-refractivity contribution is 4.78. The Bertz CT molecular complexity index is 313. The maximum absolute atomic E-state index is 11.8. The van der Waals surface area contributed by atoms with Gasteiger partial charge in [-0.1, -0.05) is 0 Å². The monoisotopic (exact) mass is 225 g/mol. The Morgan fingerprint density at radius 2 is 2.13 bits per heavy atom. The second-order valence-electron chi connectivity index (χ2n) is 2.90. The van der Waals surface area contributed by atoms with Crippen molar-refractivity contribution >= 4 is 0 Å². The van der Waals surface area contributed by atoms with Gasteiger partial charge in [0.2, 0.25) is 11.8 Å². The van der Waals surface area contributed by atoms with Crippen molar-refractivity contribution in [1.29, 1.82) is 0 Å². The predicted molar refractivity (Wildman–Crippen MR) is 42.8 cm³/mol. The molecule has 8 heteroatoms. The van der Waals surface area contributed by atoms with Crippen LogP contribution in [0.5, 0.6) is 0 Å². The molecule has 1 heterocycles. The summed E-state index contributed by atoms with van der Waals surface area (Å²) in [5, 5.41) is 18.0. The van der Waals surface area contributed by atoms with E-state index in [0.29, 0.717) is 5.89 Å². The Kier molecular flexibility index (Phi) is 3.64. The fourth-order valence-electron chi connectivity index (χ4n) is 0.840. The van der Waals surface area contributed by atoms with E-state index in [1.165, 1.54) is 0 Å². The van der Waals surface area contributed by atoms with Gasteiger partial charge < -0.3 is 14.8 Å². The maximum Gasteiger partial charge on any atom is 0.415 e. The molecule has 1 atom stereocenters. The molecular weight excluding hydrogens is 215 g/mol. The Balaban J connectivity index is 2.28. The zero-order valence-electron chi connectivity index (χ0n) is 7.88. The van der Waals surface area contributed by atoms with Crippen LogP contribution in [0, 0.1) is 6.92 Å². The quantitative estimate of drug-likeness (QED) is 0.775. The second-order valence-corrected chi connectivity index (χ2v) is 2.90. The van der Waals surface area contributed by atoms with Gasteiger partial charge in [0.15, 0.2) is 6.10 Å². The van der Waals surface area contributed by atoms with Gasteiger partial charge in [-0.05, 0) is 0 Å². The van der Waals surface area contributed by atoms with Gasteiger partial charge >= 0.3 is 6.18 Å². The van der Waals surface area contributed by atoms with Crippen LogP contribution in [0.4, 0.5) is 13.2 Å². The first-order chi connectivity index (χ1) is 6.89. The van der Waals surface area contributed by atoms with Gasteiger partial charge in [0, 0.05) is 13.5 Å². The molecule has 1 rings (SSSR count). The summed E-state index contributed by atoms with van der Waals surface area (Å²) in [6.07, 6.45) is -7.00. The van der Waals surface area contributed by atoms with E-state index in [9.17, 15) is 13.2 Å². The van der Waals surface area contributed by atoms with Gasteiger partial charge in [-0.25, -0.2) is 0 Å². The third-order valence-electron chi connectivity index (χ3n) is 1.56. The van der Waals surface area contributed by atoms with Crippen LogP contribution < -0.4 is 5.32 Å². The summed E-state index contributed by atoms with van der Waals surface area (Å²) < 4.78 is 40.4. The molecule has 0 radical (unpaired) electrons. The largest absolute Gasteiger partial charge is 0.424 e. The number of nitrogens with zero attached hydrogens (tertiary/aromatic N) is 2. The molecule has 15 heavy (non-hydrogen) atoms. The zero-order valence-corrected chi connectivity index (χ0v) is 7.88. The lowest BCUT2D eigenvalue weighted by Crippen LogP contribution is -2.38. The average Bonchev–Trinajstić information content (AvgIpc) is 2.49. The van der Waals surface area contributed by atoms with E-state index in [0.717, 1.165) is 0 Å². The number of rotatable bonds is 4. The zero-order chi connectivity index (χ0) is 11.5. The molecule has 0 aliphatic carbocycles. The van der Waals surface area contributed by atoms with Crippen LogP contribution in [0.3, 0.4) is 0 Å². The number of aromatic nitrogens is 2. The highest BCUT2D eigenvalue weighted by Crippen LogP contribution is 2.19. The number of halogens is 3. The van der Waals surface area contributed by atoms with Gasteiger partial charge in [0.25, 0.3) is 0 Å². The van der Waals surface area contributed by atoms with Crippen molar-refractivity contribution < 1.29 is 22.7 Å². The highest BCUT2D eigenvalue weighted by atomic mass is 19.4. The molecule has 86 valence electrons. The number of alkyl halides is 3. The van der Waals surface area contributed by atoms with Crippen molar-refractivity contribution in [2.75, 3.05) is 6.54 Å². The minimum atomic E-state index is -4.61. The van der Waals surface area contributed by atoms with Crippen molar-refractivity contribution in [2.45, 2.75) is 25.7 Å². The minimum absolute atomic E-state index is 0.00597. The molecule has 0 aliphatic rings. The number of hydrogen-bond acceptors (Lipinski definition) is 5. The Labute approximate surface area is 83.3 Å². The van der Waals surface area contributed by atoms with Gasteiger partial charge in [-0.2, -0.15) is 13.2 Å². The van der Waals surface area contributed by atoms with Crippen LogP contribution in [0.1, 0.15) is 11.8 Å². The first-order valence-corrected chi connectivity index (χ1v) is 4.14. The van der Waals surface area contributed by atoms with E-state index >= 15 is 0 Å². The van der Waals surface area contributed by atoms with Crippen molar-refractivity contribution in [3.8, 4) is 0 Å². The molecule has 0 saturated carbocycles. The van der Waals surface area contributed by atoms with Gasteiger partial charge in [-0.3, -0.25) is 0 Å². The molecule has 0 aliphatic heterocycles. The first-order valence-electron chi connectivity index (χ1n) is 4.14. The highest BCUT2D eigenvalue weighted by Gasteiger charge is 2.37. The fraction of sp³-hybridized carbons (Fsp3) is 0.714. The third kappa shape index (κ3) is 3.84.